The minimum Gasteiger partial charge on any atom is -0.423 e. The van der Waals surface area contributed by atoms with E-state index in [1.165, 1.54) is 18.2 Å². The van der Waals surface area contributed by atoms with Crippen LogP contribution in [0.2, 0.25) is 0 Å². The number of halogens is 4. The minimum atomic E-state index is -1.15. The number of ether oxygens (including phenoxy) is 3. The second-order valence-electron chi connectivity index (χ2n) is 10.0. The Labute approximate surface area is 215 Å². The molecule has 2 saturated carbocycles. The third-order valence-corrected chi connectivity index (χ3v) is 7.89. The highest BCUT2D eigenvalue weighted by Crippen LogP contribution is 2.40. The molecule has 2 aliphatic carbocycles. The maximum atomic E-state index is 14.9. The van der Waals surface area contributed by atoms with E-state index in [4.69, 9.17) is 14.2 Å². The van der Waals surface area contributed by atoms with Crippen molar-refractivity contribution >= 4 is 5.97 Å². The molecule has 4 nitrogen and oxygen atoms in total. The molecule has 0 aliphatic heterocycles. The summed E-state index contributed by atoms with van der Waals surface area (Å²) in [5, 5.41) is 0. The predicted molar refractivity (Wildman–Crippen MR) is 130 cm³/mol. The number of hydrogen-bond donors (Lipinski definition) is 0. The number of esters is 1. The Balaban J connectivity index is 1.35. The zero-order valence-electron chi connectivity index (χ0n) is 21.3. The van der Waals surface area contributed by atoms with Crippen LogP contribution in [-0.4, -0.2) is 25.8 Å². The van der Waals surface area contributed by atoms with E-state index >= 15 is 0 Å². The summed E-state index contributed by atoms with van der Waals surface area (Å²) in [4.78, 5) is 12.7. The molecule has 0 aromatic heterocycles. The van der Waals surface area contributed by atoms with Gasteiger partial charge in [0.2, 0.25) is 5.82 Å². The largest absolute Gasteiger partial charge is 0.423 e. The maximum Gasteiger partial charge on any atom is 0.314 e. The second kappa shape index (κ2) is 12.4. The zero-order chi connectivity index (χ0) is 26.5. The molecule has 0 bridgehead atoms. The summed E-state index contributed by atoms with van der Waals surface area (Å²) in [5.41, 5.74) is 0.755. The lowest BCUT2D eigenvalue weighted by Gasteiger charge is -2.29. The second-order valence-corrected chi connectivity index (χ2v) is 10.0. The summed E-state index contributed by atoms with van der Waals surface area (Å²) in [6, 6.07) is 5.94. The third kappa shape index (κ3) is 6.17. The van der Waals surface area contributed by atoms with E-state index in [0.717, 1.165) is 12.8 Å². The first kappa shape index (κ1) is 27.6. The van der Waals surface area contributed by atoms with E-state index in [0.29, 0.717) is 50.7 Å². The van der Waals surface area contributed by atoms with Crippen molar-refractivity contribution in [1.29, 1.82) is 0 Å². The standard InChI is InChI=1S/C29H34F4O4/c1-3-36-16-20-10-13-22(26(31)25(20)30)17-4-6-19(7-5-17)29(34)37-24-15-14-23(27(32)28(24)33)18-8-11-21(35-2)12-9-18/h10,13-15,17-19,21H,3-9,11-12,16H2,1-2H3. The zero-order valence-corrected chi connectivity index (χ0v) is 21.3. The van der Waals surface area contributed by atoms with Crippen LogP contribution < -0.4 is 4.74 Å². The van der Waals surface area contributed by atoms with Gasteiger partial charge < -0.3 is 14.2 Å². The van der Waals surface area contributed by atoms with E-state index in [-0.39, 0.29) is 35.7 Å². The summed E-state index contributed by atoms with van der Waals surface area (Å²) in [6.45, 7) is 2.19. The summed E-state index contributed by atoms with van der Waals surface area (Å²) in [7, 11) is 1.65. The molecule has 0 N–H and O–H groups in total. The number of hydrogen-bond acceptors (Lipinski definition) is 4. The van der Waals surface area contributed by atoms with Gasteiger partial charge in [0.05, 0.1) is 18.6 Å². The molecule has 0 radical (unpaired) electrons. The molecule has 0 amide bonds. The Morgan fingerprint density at radius 2 is 1.35 bits per heavy atom. The van der Waals surface area contributed by atoms with Gasteiger partial charge in [-0.05, 0) is 87.3 Å². The average molecular weight is 523 g/mol. The molecule has 2 aliphatic rings. The van der Waals surface area contributed by atoms with Gasteiger partial charge in [0.1, 0.15) is 0 Å². The number of carbonyl (C=O) groups is 1. The van der Waals surface area contributed by atoms with Crippen LogP contribution in [0.4, 0.5) is 17.6 Å². The van der Waals surface area contributed by atoms with Gasteiger partial charge in [0.15, 0.2) is 23.2 Å². The highest BCUT2D eigenvalue weighted by Gasteiger charge is 2.32. The van der Waals surface area contributed by atoms with Crippen molar-refractivity contribution in [3.63, 3.8) is 0 Å². The Morgan fingerprint density at radius 1 is 0.784 bits per heavy atom. The molecule has 2 aromatic rings. The van der Waals surface area contributed by atoms with Gasteiger partial charge in [0.25, 0.3) is 0 Å². The number of carbonyl (C=O) groups excluding carboxylic acids is 1. The van der Waals surface area contributed by atoms with Crippen LogP contribution in [0.25, 0.3) is 0 Å². The lowest BCUT2D eigenvalue weighted by molar-refractivity contribution is -0.140. The smallest absolute Gasteiger partial charge is 0.314 e. The topological polar surface area (TPSA) is 44.8 Å². The van der Waals surface area contributed by atoms with E-state index in [2.05, 4.69) is 0 Å². The summed E-state index contributed by atoms with van der Waals surface area (Å²) >= 11 is 0. The van der Waals surface area contributed by atoms with Gasteiger partial charge in [-0.15, -0.1) is 0 Å². The lowest BCUT2D eigenvalue weighted by Crippen LogP contribution is -2.26. The predicted octanol–water partition coefficient (Wildman–Crippen LogP) is 7.33. The summed E-state index contributed by atoms with van der Waals surface area (Å²) < 4.78 is 74.6. The Hall–Kier alpha value is -2.45. The van der Waals surface area contributed by atoms with Gasteiger partial charge in [0, 0.05) is 19.3 Å². The highest BCUT2D eigenvalue weighted by molar-refractivity contribution is 5.75. The average Bonchev–Trinajstić information content (AvgIpc) is 2.92. The van der Waals surface area contributed by atoms with Crippen molar-refractivity contribution in [2.24, 2.45) is 5.92 Å². The van der Waals surface area contributed by atoms with E-state index in [1.807, 2.05) is 0 Å². The van der Waals surface area contributed by atoms with Crippen molar-refractivity contribution < 1.29 is 36.6 Å². The van der Waals surface area contributed by atoms with Crippen molar-refractivity contribution in [1.82, 2.24) is 0 Å². The molecule has 8 heteroatoms. The molecule has 0 saturated heterocycles. The first-order valence-corrected chi connectivity index (χ1v) is 13.1. The summed E-state index contributed by atoms with van der Waals surface area (Å²) in [6.07, 6.45) is 4.82. The van der Waals surface area contributed by atoms with E-state index in [9.17, 15) is 22.4 Å². The highest BCUT2D eigenvalue weighted by atomic mass is 19.2. The number of benzene rings is 2. The fourth-order valence-electron chi connectivity index (χ4n) is 5.63. The normalized spacial score (nSPS) is 24.2. The van der Waals surface area contributed by atoms with Crippen LogP contribution in [0.3, 0.4) is 0 Å². The van der Waals surface area contributed by atoms with Crippen molar-refractivity contribution in [2.75, 3.05) is 13.7 Å². The van der Waals surface area contributed by atoms with Crippen LogP contribution in [0, 0.1) is 29.2 Å². The lowest BCUT2D eigenvalue weighted by atomic mass is 9.78. The molecule has 0 heterocycles. The van der Waals surface area contributed by atoms with Gasteiger partial charge in [-0.25, -0.2) is 13.2 Å². The molecule has 0 atom stereocenters. The van der Waals surface area contributed by atoms with Crippen molar-refractivity contribution in [2.45, 2.75) is 82.8 Å². The molecule has 4 rings (SSSR count). The van der Waals surface area contributed by atoms with Crippen molar-refractivity contribution in [3.05, 3.63) is 64.2 Å². The Bertz CT molecular complexity index is 1090. The van der Waals surface area contributed by atoms with Crippen LogP contribution in [0.1, 0.15) is 86.8 Å². The first-order valence-electron chi connectivity index (χ1n) is 13.1. The number of methoxy groups -OCH3 is 1. The first-order chi connectivity index (χ1) is 17.8. The molecule has 2 fully saturated rings. The van der Waals surface area contributed by atoms with Gasteiger partial charge >= 0.3 is 5.97 Å². The molecule has 0 spiro atoms. The van der Waals surface area contributed by atoms with Gasteiger partial charge in [-0.1, -0.05) is 18.2 Å². The minimum absolute atomic E-state index is 0.00515. The summed E-state index contributed by atoms with van der Waals surface area (Å²) in [5.74, 6) is -5.82. The molecule has 0 unspecified atom stereocenters. The molecule has 202 valence electrons. The monoisotopic (exact) mass is 522 g/mol. The fraction of sp³-hybridized carbons (Fsp3) is 0.552. The van der Waals surface area contributed by atoms with Crippen LogP contribution >= 0.6 is 0 Å². The quantitative estimate of drug-likeness (QED) is 0.207. The van der Waals surface area contributed by atoms with E-state index in [1.54, 1.807) is 20.1 Å². The van der Waals surface area contributed by atoms with Crippen LogP contribution in [-0.2, 0) is 20.9 Å². The Morgan fingerprint density at radius 3 is 1.95 bits per heavy atom. The fourth-order valence-corrected chi connectivity index (χ4v) is 5.63. The SMILES string of the molecule is CCOCc1ccc(C2CCC(C(=O)Oc3ccc(C4CCC(OC)CC4)c(F)c3F)CC2)c(F)c1F. The third-order valence-electron chi connectivity index (χ3n) is 7.89. The molecular weight excluding hydrogens is 488 g/mol. The molecule has 37 heavy (non-hydrogen) atoms. The van der Waals surface area contributed by atoms with Gasteiger partial charge in [-0.2, -0.15) is 4.39 Å². The molecular formula is C29H34F4O4. The van der Waals surface area contributed by atoms with Crippen molar-refractivity contribution in [3.8, 4) is 5.75 Å². The van der Waals surface area contributed by atoms with E-state index < -0.39 is 40.9 Å². The van der Waals surface area contributed by atoms with Crippen LogP contribution in [0.15, 0.2) is 24.3 Å². The van der Waals surface area contributed by atoms with Gasteiger partial charge in [-0.3, -0.25) is 4.79 Å². The van der Waals surface area contributed by atoms with Crippen LogP contribution in [0.5, 0.6) is 5.75 Å². The number of rotatable bonds is 8. The maximum absolute atomic E-state index is 14.9. The molecule has 2 aromatic carbocycles. The Kier molecular flexibility index (Phi) is 9.24.